The summed E-state index contributed by atoms with van der Waals surface area (Å²) in [5, 5.41) is 3.09. The molecule has 0 aliphatic rings. The number of hydrazine groups is 1. The maximum absolute atomic E-state index is 12.1. The third-order valence-corrected chi connectivity index (χ3v) is 4.06. The average Bonchev–Trinajstić information content (AvgIpc) is 2.67. The Morgan fingerprint density at radius 2 is 1.82 bits per heavy atom. The maximum Gasteiger partial charge on any atom is 0.279 e. The van der Waals surface area contributed by atoms with E-state index < -0.39 is 17.9 Å². The number of hydrogen-bond donors (Lipinski definition) is 3. The van der Waals surface area contributed by atoms with Crippen molar-refractivity contribution in [3.8, 4) is 5.75 Å². The van der Waals surface area contributed by atoms with Crippen LogP contribution in [0.1, 0.15) is 12.5 Å². The highest BCUT2D eigenvalue weighted by molar-refractivity contribution is 7.80. The topological polar surface area (TPSA) is 79.5 Å². The van der Waals surface area contributed by atoms with E-state index in [4.69, 9.17) is 40.2 Å². The maximum atomic E-state index is 12.1. The second kappa shape index (κ2) is 10.7. The van der Waals surface area contributed by atoms with Crippen LogP contribution in [0, 0.1) is 0 Å². The highest BCUT2D eigenvalue weighted by Crippen LogP contribution is 2.28. The van der Waals surface area contributed by atoms with Crippen molar-refractivity contribution >= 4 is 58.4 Å². The third kappa shape index (κ3) is 7.19. The number of rotatable bonds is 5. The Balaban J connectivity index is 1.77. The molecule has 0 saturated heterocycles. The zero-order valence-electron chi connectivity index (χ0n) is 14.7. The normalized spacial score (nSPS) is 11.5. The van der Waals surface area contributed by atoms with Crippen molar-refractivity contribution in [1.29, 1.82) is 0 Å². The monoisotopic (exact) mass is 437 g/mol. The fourth-order valence-electron chi connectivity index (χ4n) is 1.96. The third-order valence-electron chi connectivity index (χ3n) is 3.33. The molecular weight excluding hydrogens is 421 g/mol. The number of amides is 2. The quantitative estimate of drug-likeness (QED) is 0.379. The van der Waals surface area contributed by atoms with Crippen LogP contribution in [0.2, 0.25) is 10.0 Å². The minimum absolute atomic E-state index is 0.0622. The molecular formula is C19H17Cl2N3O3S. The van der Waals surface area contributed by atoms with Crippen molar-refractivity contribution in [2.45, 2.75) is 13.0 Å². The van der Waals surface area contributed by atoms with E-state index in [1.54, 1.807) is 18.2 Å². The van der Waals surface area contributed by atoms with E-state index >= 15 is 0 Å². The Hall–Kier alpha value is -2.61. The minimum Gasteiger partial charge on any atom is -0.479 e. The fourth-order valence-corrected chi connectivity index (χ4v) is 2.56. The molecule has 0 aliphatic heterocycles. The number of nitrogens with one attached hydrogen (secondary N) is 3. The predicted molar refractivity (Wildman–Crippen MR) is 114 cm³/mol. The lowest BCUT2D eigenvalue weighted by atomic mass is 10.2. The molecule has 0 fully saturated rings. The van der Waals surface area contributed by atoms with Crippen LogP contribution in [0.3, 0.4) is 0 Å². The van der Waals surface area contributed by atoms with Gasteiger partial charge in [-0.2, -0.15) is 0 Å². The highest BCUT2D eigenvalue weighted by atomic mass is 35.5. The van der Waals surface area contributed by atoms with Crippen molar-refractivity contribution in [2.75, 3.05) is 0 Å². The summed E-state index contributed by atoms with van der Waals surface area (Å²) in [7, 11) is 0. The van der Waals surface area contributed by atoms with Crippen LogP contribution >= 0.6 is 35.4 Å². The van der Waals surface area contributed by atoms with Gasteiger partial charge in [0, 0.05) is 11.1 Å². The molecule has 3 N–H and O–H groups in total. The smallest absolute Gasteiger partial charge is 0.279 e. The van der Waals surface area contributed by atoms with Gasteiger partial charge in [0.25, 0.3) is 5.91 Å². The van der Waals surface area contributed by atoms with Gasteiger partial charge in [-0.25, -0.2) is 0 Å². The van der Waals surface area contributed by atoms with Crippen LogP contribution < -0.4 is 20.9 Å². The van der Waals surface area contributed by atoms with E-state index in [1.807, 2.05) is 30.3 Å². The Kier molecular flexibility index (Phi) is 8.25. The predicted octanol–water partition coefficient (Wildman–Crippen LogP) is 3.50. The highest BCUT2D eigenvalue weighted by Gasteiger charge is 2.16. The van der Waals surface area contributed by atoms with E-state index in [2.05, 4.69) is 16.2 Å². The molecule has 0 saturated carbocycles. The Labute approximate surface area is 177 Å². The van der Waals surface area contributed by atoms with Crippen LogP contribution in [0.15, 0.2) is 54.6 Å². The van der Waals surface area contributed by atoms with Crippen molar-refractivity contribution in [1.82, 2.24) is 16.2 Å². The number of benzene rings is 2. The summed E-state index contributed by atoms with van der Waals surface area (Å²) in [4.78, 5) is 23.9. The van der Waals surface area contributed by atoms with Crippen molar-refractivity contribution in [3.05, 3.63) is 70.2 Å². The fraction of sp³-hybridized carbons (Fsp3) is 0.105. The number of hydrogen-bond acceptors (Lipinski definition) is 4. The van der Waals surface area contributed by atoms with Gasteiger partial charge in [-0.1, -0.05) is 53.5 Å². The zero-order chi connectivity index (χ0) is 20.5. The van der Waals surface area contributed by atoms with Gasteiger partial charge in [0.05, 0.1) is 5.02 Å². The molecule has 0 bridgehead atoms. The van der Waals surface area contributed by atoms with Gasteiger partial charge < -0.3 is 4.74 Å². The number of ether oxygens (including phenoxy) is 1. The van der Waals surface area contributed by atoms with E-state index in [0.717, 1.165) is 5.56 Å². The van der Waals surface area contributed by atoms with Gasteiger partial charge in [0.1, 0.15) is 5.75 Å². The average molecular weight is 438 g/mol. The Bertz CT molecular complexity index is 891. The Morgan fingerprint density at radius 1 is 1.11 bits per heavy atom. The lowest BCUT2D eigenvalue weighted by Crippen LogP contribution is -2.51. The molecule has 0 heterocycles. The molecule has 0 radical (unpaired) electrons. The van der Waals surface area contributed by atoms with Crippen LogP contribution in [0.5, 0.6) is 5.75 Å². The number of thiocarbonyl (C=S) groups is 1. The van der Waals surface area contributed by atoms with Gasteiger partial charge in [0.15, 0.2) is 11.2 Å². The van der Waals surface area contributed by atoms with Gasteiger partial charge in [-0.15, -0.1) is 0 Å². The summed E-state index contributed by atoms with van der Waals surface area (Å²) in [6, 6.07) is 14.0. The lowest BCUT2D eigenvalue weighted by Gasteiger charge is -2.16. The summed E-state index contributed by atoms with van der Waals surface area (Å²) in [6.07, 6.45) is 2.10. The standard InChI is InChI=1S/C19H17Cl2N3O3S/c1-12(27-16-9-8-14(20)11-15(16)21)18(26)23-24-19(28)22-17(25)10-7-13-5-3-2-4-6-13/h2-12H,1H3,(H,23,26)(H2,22,24,25,28)/b10-7+. The van der Waals surface area contributed by atoms with Crippen molar-refractivity contribution < 1.29 is 14.3 Å². The number of carbonyl (C=O) groups excluding carboxylic acids is 2. The lowest BCUT2D eigenvalue weighted by molar-refractivity contribution is -0.128. The summed E-state index contributed by atoms with van der Waals surface area (Å²) in [5.41, 5.74) is 5.66. The van der Waals surface area contributed by atoms with Crippen molar-refractivity contribution in [2.24, 2.45) is 0 Å². The molecule has 1 unspecified atom stereocenters. The van der Waals surface area contributed by atoms with Gasteiger partial charge in [0.2, 0.25) is 5.91 Å². The molecule has 2 rings (SSSR count). The largest absolute Gasteiger partial charge is 0.479 e. The SMILES string of the molecule is CC(Oc1ccc(Cl)cc1Cl)C(=O)NNC(=S)NC(=O)/C=C/c1ccccc1. The molecule has 28 heavy (non-hydrogen) atoms. The van der Waals surface area contributed by atoms with E-state index in [-0.39, 0.29) is 10.1 Å². The van der Waals surface area contributed by atoms with E-state index in [0.29, 0.717) is 10.8 Å². The number of carbonyl (C=O) groups is 2. The minimum atomic E-state index is -0.873. The molecule has 0 aliphatic carbocycles. The summed E-state index contributed by atoms with van der Waals surface area (Å²) in [6.45, 7) is 1.53. The van der Waals surface area contributed by atoms with Gasteiger partial charge >= 0.3 is 0 Å². The number of halogens is 2. The molecule has 2 aromatic rings. The second-order valence-corrected chi connectivity index (χ2v) is 6.76. The molecule has 1 atom stereocenters. The van der Waals surface area contributed by atoms with Gasteiger partial charge in [-0.05, 0) is 49.0 Å². The van der Waals surface area contributed by atoms with Gasteiger partial charge in [-0.3, -0.25) is 25.8 Å². The molecule has 6 nitrogen and oxygen atoms in total. The van der Waals surface area contributed by atoms with Crippen molar-refractivity contribution in [3.63, 3.8) is 0 Å². The van der Waals surface area contributed by atoms with Crippen LogP contribution in [-0.4, -0.2) is 23.0 Å². The van der Waals surface area contributed by atoms with Crippen LogP contribution in [0.4, 0.5) is 0 Å². The molecule has 9 heteroatoms. The second-order valence-electron chi connectivity index (χ2n) is 5.51. The molecule has 2 amide bonds. The first-order valence-electron chi connectivity index (χ1n) is 8.11. The zero-order valence-corrected chi connectivity index (χ0v) is 17.1. The Morgan fingerprint density at radius 3 is 2.50 bits per heavy atom. The van der Waals surface area contributed by atoms with Crippen LogP contribution in [0.25, 0.3) is 6.08 Å². The summed E-state index contributed by atoms with van der Waals surface area (Å²) < 4.78 is 5.48. The summed E-state index contributed by atoms with van der Waals surface area (Å²) >= 11 is 16.8. The first-order chi connectivity index (χ1) is 13.3. The first-order valence-corrected chi connectivity index (χ1v) is 9.27. The molecule has 146 valence electrons. The van der Waals surface area contributed by atoms with E-state index in [9.17, 15) is 9.59 Å². The van der Waals surface area contributed by atoms with E-state index in [1.165, 1.54) is 19.1 Å². The first kappa shape index (κ1) is 21.7. The summed E-state index contributed by atoms with van der Waals surface area (Å²) in [5.74, 6) is -0.633. The molecule has 0 aromatic heterocycles. The van der Waals surface area contributed by atoms with Crippen LogP contribution in [-0.2, 0) is 9.59 Å². The molecule has 0 spiro atoms. The molecule has 2 aromatic carbocycles.